The van der Waals surface area contributed by atoms with E-state index in [4.69, 9.17) is 4.74 Å². The second-order valence-electron chi connectivity index (χ2n) is 7.08. The first-order valence-corrected chi connectivity index (χ1v) is 9.80. The molecule has 6 nitrogen and oxygen atoms in total. The van der Waals surface area contributed by atoms with E-state index in [0.29, 0.717) is 24.0 Å². The van der Waals surface area contributed by atoms with E-state index in [9.17, 15) is 9.59 Å². The molecule has 1 N–H and O–H groups in total. The lowest BCUT2D eigenvalue weighted by Gasteiger charge is -2.11. The van der Waals surface area contributed by atoms with E-state index in [2.05, 4.69) is 41.6 Å². The molecule has 1 aromatic heterocycles. The Morgan fingerprint density at radius 3 is 2.43 bits per heavy atom. The molecule has 0 aliphatic rings. The van der Waals surface area contributed by atoms with Gasteiger partial charge >= 0.3 is 0 Å². The average Bonchev–Trinajstić information content (AvgIpc) is 2.76. The van der Waals surface area contributed by atoms with Gasteiger partial charge < -0.3 is 14.8 Å². The fourth-order valence-corrected chi connectivity index (χ4v) is 2.89. The molecule has 0 saturated heterocycles. The minimum absolute atomic E-state index is 0.233. The highest BCUT2D eigenvalue weighted by molar-refractivity contribution is 5.54. The summed E-state index contributed by atoms with van der Waals surface area (Å²) in [5.41, 5.74) is 4.53. The van der Waals surface area contributed by atoms with Crippen molar-refractivity contribution in [2.75, 3.05) is 19.5 Å². The van der Waals surface area contributed by atoms with Crippen LogP contribution < -0.4 is 15.6 Å². The van der Waals surface area contributed by atoms with Gasteiger partial charge in [0.2, 0.25) is 0 Å². The second kappa shape index (κ2) is 11.0. The predicted octanol–water partition coefficient (Wildman–Crippen LogP) is 3.95. The summed E-state index contributed by atoms with van der Waals surface area (Å²) in [6.07, 6.45) is 1.19. The molecule has 1 heterocycles. The topological polar surface area (TPSA) is 73.2 Å². The number of ether oxygens (including phenoxy) is 1. The summed E-state index contributed by atoms with van der Waals surface area (Å²) >= 11 is 0. The molecule has 6 heteroatoms. The summed E-state index contributed by atoms with van der Waals surface area (Å²) in [7, 11) is 3.53. The zero-order valence-corrected chi connectivity index (χ0v) is 18.2. The zero-order valence-electron chi connectivity index (χ0n) is 18.2. The zero-order chi connectivity index (χ0) is 22.1. The summed E-state index contributed by atoms with van der Waals surface area (Å²) in [4.78, 5) is 23.3. The van der Waals surface area contributed by atoms with Crippen molar-refractivity contribution in [2.24, 2.45) is 0 Å². The molecule has 0 amide bonds. The fraction of sp³-hybridized carbons (Fsp3) is 0.292. The molecule has 30 heavy (non-hydrogen) atoms. The number of aryl methyl sites for hydroxylation is 2. The first-order chi connectivity index (χ1) is 14.4. The van der Waals surface area contributed by atoms with Gasteiger partial charge in [0.1, 0.15) is 18.1 Å². The van der Waals surface area contributed by atoms with Gasteiger partial charge in [-0.1, -0.05) is 29.8 Å². The number of aromatic nitrogens is 2. The normalized spacial score (nSPS) is 11.1. The van der Waals surface area contributed by atoms with Crippen LogP contribution in [0, 0.1) is 13.8 Å². The van der Waals surface area contributed by atoms with Gasteiger partial charge in [-0.2, -0.15) is 5.10 Å². The van der Waals surface area contributed by atoms with Crippen molar-refractivity contribution >= 4 is 12.0 Å². The Bertz CT molecular complexity index is 1030. The third-order valence-electron chi connectivity index (χ3n) is 4.58. The molecule has 0 radical (unpaired) electrons. The number of carbonyl (C=O) groups is 1. The Balaban J connectivity index is 0.000000297. The van der Waals surface area contributed by atoms with Crippen LogP contribution in [0.5, 0.6) is 5.75 Å². The predicted molar refractivity (Wildman–Crippen MR) is 121 cm³/mol. The number of nitrogens with zero attached hydrogens (tertiary/aromatic N) is 2. The second-order valence-corrected chi connectivity index (χ2v) is 7.08. The van der Waals surface area contributed by atoms with E-state index in [0.717, 1.165) is 11.3 Å². The van der Waals surface area contributed by atoms with Gasteiger partial charge in [-0.25, -0.2) is 4.68 Å². The number of anilines is 1. The molecule has 1 atom stereocenters. The highest BCUT2D eigenvalue weighted by Crippen LogP contribution is 2.15. The van der Waals surface area contributed by atoms with E-state index in [-0.39, 0.29) is 5.56 Å². The van der Waals surface area contributed by atoms with Crippen LogP contribution in [0.25, 0.3) is 0 Å². The number of nitrogens with one attached hydrogen (secondary N) is 1. The summed E-state index contributed by atoms with van der Waals surface area (Å²) in [5.74, 6) is 0.750. The Morgan fingerprint density at radius 2 is 1.83 bits per heavy atom. The number of benzene rings is 2. The van der Waals surface area contributed by atoms with Gasteiger partial charge in [-0.15, -0.1) is 0 Å². The number of hydrogen-bond acceptors (Lipinski definition) is 5. The number of hydrogen-bond donors (Lipinski definition) is 1. The fourth-order valence-electron chi connectivity index (χ4n) is 2.89. The van der Waals surface area contributed by atoms with Crippen molar-refractivity contribution in [1.82, 2.24) is 9.78 Å². The van der Waals surface area contributed by atoms with Crippen LogP contribution in [0.4, 0.5) is 5.69 Å². The van der Waals surface area contributed by atoms with Crippen LogP contribution >= 0.6 is 0 Å². The molecule has 0 aliphatic carbocycles. The molecule has 3 rings (SSSR count). The summed E-state index contributed by atoms with van der Waals surface area (Å²) < 4.78 is 6.42. The minimum atomic E-state index is -0.568. The van der Waals surface area contributed by atoms with Gasteiger partial charge in [-0.05, 0) is 56.7 Å². The van der Waals surface area contributed by atoms with Crippen LogP contribution in [0.1, 0.15) is 35.3 Å². The van der Waals surface area contributed by atoms with Crippen LogP contribution in [0.3, 0.4) is 0 Å². The van der Waals surface area contributed by atoms with Gasteiger partial charge in [0, 0.05) is 24.7 Å². The number of aldehydes is 1. The Morgan fingerprint density at radius 1 is 1.13 bits per heavy atom. The smallest absolute Gasteiger partial charge is 0.270 e. The summed E-state index contributed by atoms with van der Waals surface area (Å²) in [6.45, 7) is 5.54. The van der Waals surface area contributed by atoms with Gasteiger partial charge in [0.15, 0.2) is 0 Å². The number of carbonyl (C=O) groups excluding carboxylic acids is 1. The maximum Gasteiger partial charge on any atom is 0.270 e. The molecule has 0 bridgehead atoms. The SMILES string of the molecule is CNc1ccc(C)cc1.COc1cccc(Cc2cc(C)nn(C(C)C=O)c2=O)c1. The van der Waals surface area contributed by atoms with Crippen molar-refractivity contribution in [2.45, 2.75) is 33.2 Å². The molecule has 3 aromatic rings. The monoisotopic (exact) mass is 407 g/mol. The molecular weight excluding hydrogens is 378 g/mol. The van der Waals surface area contributed by atoms with E-state index in [1.165, 1.54) is 15.9 Å². The Labute approximate surface area is 177 Å². The lowest BCUT2D eigenvalue weighted by Crippen LogP contribution is -2.30. The minimum Gasteiger partial charge on any atom is -0.497 e. The Kier molecular flexibility index (Phi) is 8.35. The van der Waals surface area contributed by atoms with Crippen molar-refractivity contribution < 1.29 is 9.53 Å². The third-order valence-corrected chi connectivity index (χ3v) is 4.58. The van der Waals surface area contributed by atoms with Crippen LogP contribution in [-0.2, 0) is 11.2 Å². The van der Waals surface area contributed by atoms with Crippen LogP contribution in [0.15, 0.2) is 59.4 Å². The molecule has 158 valence electrons. The van der Waals surface area contributed by atoms with E-state index in [1.54, 1.807) is 20.1 Å². The first-order valence-electron chi connectivity index (χ1n) is 9.80. The van der Waals surface area contributed by atoms with Gasteiger partial charge in [0.25, 0.3) is 5.56 Å². The standard InChI is InChI=1S/C16H18N2O3.C8H11N/c1-11-7-14(16(20)18(17-11)12(2)10-19)8-13-5-4-6-15(9-13)21-3;1-7-3-5-8(9-2)6-4-7/h4-7,9-10,12H,8H2,1-3H3;3-6,9H,1-2H3. The summed E-state index contributed by atoms with van der Waals surface area (Å²) in [6, 6.07) is 17.1. The molecule has 0 aliphatic heterocycles. The molecular formula is C24H29N3O3. The average molecular weight is 408 g/mol. The lowest BCUT2D eigenvalue weighted by atomic mass is 10.1. The summed E-state index contributed by atoms with van der Waals surface area (Å²) in [5, 5.41) is 7.18. The maximum atomic E-state index is 12.4. The molecule has 2 aromatic carbocycles. The van der Waals surface area contributed by atoms with Gasteiger partial charge in [-0.3, -0.25) is 4.79 Å². The molecule has 0 spiro atoms. The highest BCUT2D eigenvalue weighted by Gasteiger charge is 2.12. The molecule has 0 saturated carbocycles. The highest BCUT2D eigenvalue weighted by atomic mass is 16.5. The van der Waals surface area contributed by atoms with Gasteiger partial charge in [0.05, 0.1) is 12.8 Å². The molecule has 1 unspecified atom stereocenters. The largest absolute Gasteiger partial charge is 0.497 e. The van der Waals surface area contributed by atoms with Crippen LogP contribution in [-0.4, -0.2) is 30.2 Å². The maximum absolute atomic E-state index is 12.4. The number of rotatable bonds is 6. The quantitative estimate of drug-likeness (QED) is 0.627. The van der Waals surface area contributed by atoms with E-state index in [1.807, 2.05) is 38.2 Å². The van der Waals surface area contributed by atoms with Crippen molar-refractivity contribution in [1.29, 1.82) is 0 Å². The first kappa shape index (κ1) is 22.9. The number of methoxy groups -OCH3 is 1. The van der Waals surface area contributed by atoms with Crippen molar-refractivity contribution in [3.8, 4) is 5.75 Å². The third kappa shape index (κ3) is 6.30. The van der Waals surface area contributed by atoms with E-state index >= 15 is 0 Å². The van der Waals surface area contributed by atoms with E-state index < -0.39 is 6.04 Å². The van der Waals surface area contributed by atoms with Crippen molar-refractivity contribution in [3.05, 3.63) is 87.3 Å². The molecule has 0 fully saturated rings. The lowest BCUT2D eigenvalue weighted by molar-refractivity contribution is -0.110. The Hall–Kier alpha value is -3.41. The van der Waals surface area contributed by atoms with Crippen LogP contribution in [0.2, 0.25) is 0 Å². The van der Waals surface area contributed by atoms with Crippen molar-refractivity contribution in [3.63, 3.8) is 0 Å².